The molecule has 0 radical (unpaired) electrons. The van der Waals surface area contributed by atoms with Crippen molar-refractivity contribution in [3.05, 3.63) is 81.5 Å². The molecule has 4 aromatic heterocycles. The van der Waals surface area contributed by atoms with Gasteiger partial charge >= 0.3 is 0 Å². The minimum Gasteiger partial charge on any atom is -0.481 e. The van der Waals surface area contributed by atoms with Gasteiger partial charge in [0.1, 0.15) is 11.5 Å². The Labute approximate surface area is 168 Å². The van der Waals surface area contributed by atoms with Gasteiger partial charge in [0.05, 0.1) is 13.3 Å². The highest BCUT2D eigenvalue weighted by Gasteiger charge is 2.13. The number of rotatable bonds is 5. The summed E-state index contributed by atoms with van der Waals surface area (Å²) in [4.78, 5) is 15.3. The summed E-state index contributed by atoms with van der Waals surface area (Å²) in [5.74, 6) is -0.741. The maximum absolute atomic E-state index is 14.6. The molecule has 4 rings (SSSR count). The second-order valence-electron chi connectivity index (χ2n) is 6.29. The molecule has 0 aliphatic carbocycles. The van der Waals surface area contributed by atoms with Crippen molar-refractivity contribution in [1.82, 2.24) is 19.9 Å². The fraction of sp³-hybridized carbons (Fsp3) is 0.150. The lowest BCUT2D eigenvalue weighted by atomic mass is 10.0. The summed E-state index contributed by atoms with van der Waals surface area (Å²) in [6, 6.07) is 6.68. The van der Waals surface area contributed by atoms with Crippen LogP contribution in [0.15, 0.2) is 47.3 Å². The van der Waals surface area contributed by atoms with E-state index in [2.05, 4.69) is 35.9 Å². The van der Waals surface area contributed by atoms with Crippen molar-refractivity contribution in [2.45, 2.75) is 12.8 Å². The Bertz CT molecular complexity index is 1160. The molecule has 0 amide bonds. The number of hydrogen-bond donors (Lipinski definition) is 1. The minimum absolute atomic E-state index is 0.217. The number of aromatic nitrogens is 4. The van der Waals surface area contributed by atoms with E-state index in [9.17, 15) is 8.78 Å². The lowest BCUT2D eigenvalue weighted by Gasteiger charge is -2.08. The summed E-state index contributed by atoms with van der Waals surface area (Å²) in [5.41, 5.74) is 3.11. The van der Waals surface area contributed by atoms with Gasteiger partial charge < -0.3 is 9.72 Å². The van der Waals surface area contributed by atoms with E-state index in [0.717, 1.165) is 27.3 Å². The van der Waals surface area contributed by atoms with E-state index < -0.39 is 11.8 Å². The van der Waals surface area contributed by atoms with Crippen LogP contribution in [0.3, 0.4) is 0 Å². The molecule has 0 saturated heterocycles. The van der Waals surface area contributed by atoms with E-state index in [0.29, 0.717) is 29.1 Å². The highest BCUT2D eigenvalue weighted by molar-refractivity contribution is 9.10. The van der Waals surface area contributed by atoms with Crippen LogP contribution >= 0.6 is 15.9 Å². The van der Waals surface area contributed by atoms with Crippen molar-refractivity contribution >= 4 is 27.0 Å². The molecule has 0 unspecified atom stereocenters. The third kappa shape index (κ3) is 3.73. The second kappa shape index (κ2) is 7.63. The van der Waals surface area contributed by atoms with Gasteiger partial charge in [0.15, 0.2) is 0 Å². The van der Waals surface area contributed by atoms with Crippen molar-refractivity contribution < 1.29 is 13.5 Å². The van der Waals surface area contributed by atoms with Crippen molar-refractivity contribution in [3.8, 4) is 5.88 Å². The Hall–Kier alpha value is -2.87. The smallest absolute Gasteiger partial charge is 0.216 e. The van der Waals surface area contributed by atoms with Crippen molar-refractivity contribution in [1.29, 1.82) is 0 Å². The SMILES string of the molecule is COc1ncc(F)cc1Cc1ccc(Cc2c[nH]c3ncc(Br)cc23)c(F)n1. The first-order valence-corrected chi connectivity index (χ1v) is 9.27. The number of hydrogen-bond acceptors (Lipinski definition) is 4. The number of ether oxygens (including phenoxy) is 1. The molecule has 0 fully saturated rings. The molecular formula is C20H15BrF2N4O. The molecule has 142 valence electrons. The average Bonchev–Trinajstić information content (AvgIpc) is 3.06. The van der Waals surface area contributed by atoms with Crippen molar-refractivity contribution in [2.75, 3.05) is 7.11 Å². The Kier molecular flexibility index (Phi) is 5.04. The lowest BCUT2D eigenvalue weighted by molar-refractivity contribution is 0.391. The van der Waals surface area contributed by atoms with Crippen LogP contribution in [-0.4, -0.2) is 27.0 Å². The number of pyridine rings is 3. The van der Waals surface area contributed by atoms with Crippen LogP contribution in [0.25, 0.3) is 11.0 Å². The highest BCUT2D eigenvalue weighted by atomic mass is 79.9. The maximum atomic E-state index is 14.6. The van der Waals surface area contributed by atoms with E-state index in [1.807, 2.05) is 12.3 Å². The van der Waals surface area contributed by atoms with E-state index >= 15 is 0 Å². The number of aromatic amines is 1. The molecule has 4 heterocycles. The molecule has 4 aromatic rings. The molecule has 0 saturated carbocycles. The summed E-state index contributed by atoms with van der Waals surface area (Å²) in [7, 11) is 1.45. The summed E-state index contributed by atoms with van der Waals surface area (Å²) in [6.45, 7) is 0. The van der Waals surface area contributed by atoms with Gasteiger partial charge in [-0.15, -0.1) is 0 Å². The van der Waals surface area contributed by atoms with Gasteiger partial charge in [0.25, 0.3) is 0 Å². The van der Waals surface area contributed by atoms with E-state index in [1.54, 1.807) is 18.3 Å². The van der Waals surface area contributed by atoms with E-state index in [1.165, 1.54) is 13.2 Å². The predicted molar refractivity (Wildman–Crippen MR) is 104 cm³/mol. The van der Waals surface area contributed by atoms with Gasteiger partial charge in [-0.2, -0.15) is 4.39 Å². The number of fused-ring (bicyclic) bond motifs is 1. The highest BCUT2D eigenvalue weighted by Crippen LogP contribution is 2.24. The molecular weight excluding hydrogens is 430 g/mol. The van der Waals surface area contributed by atoms with Gasteiger partial charge in [-0.1, -0.05) is 6.07 Å². The molecule has 0 spiro atoms. The van der Waals surface area contributed by atoms with Crippen LogP contribution < -0.4 is 4.74 Å². The normalized spacial score (nSPS) is 11.1. The summed E-state index contributed by atoms with van der Waals surface area (Å²) < 4.78 is 34.1. The zero-order valence-electron chi connectivity index (χ0n) is 14.8. The Balaban J connectivity index is 1.59. The van der Waals surface area contributed by atoms with Crippen LogP contribution in [0.1, 0.15) is 22.4 Å². The van der Waals surface area contributed by atoms with Gasteiger partial charge in [-0.25, -0.2) is 19.3 Å². The first kappa shape index (κ1) is 18.5. The van der Waals surface area contributed by atoms with Crippen LogP contribution in [-0.2, 0) is 12.8 Å². The number of H-pyrrole nitrogens is 1. The molecule has 0 aromatic carbocycles. The van der Waals surface area contributed by atoms with E-state index in [-0.39, 0.29) is 6.42 Å². The third-order valence-corrected chi connectivity index (χ3v) is 4.84. The quantitative estimate of drug-likeness (QED) is 0.457. The Morgan fingerprint density at radius 1 is 1.04 bits per heavy atom. The predicted octanol–water partition coefficient (Wildman–Crippen LogP) is 4.58. The molecule has 0 aliphatic rings. The fourth-order valence-electron chi connectivity index (χ4n) is 3.09. The zero-order chi connectivity index (χ0) is 19.7. The Morgan fingerprint density at radius 2 is 1.89 bits per heavy atom. The van der Waals surface area contributed by atoms with Crippen molar-refractivity contribution in [3.63, 3.8) is 0 Å². The average molecular weight is 445 g/mol. The molecule has 8 heteroatoms. The van der Waals surface area contributed by atoms with Gasteiger partial charge in [0, 0.05) is 51.9 Å². The molecule has 0 bridgehead atoms. The standard InChI is InChI=1S/C20H15BrF2N4O/c1-28-20-12(5-15(22)10-26-20)6-16-3-2-11(18(23)27-16)4-13-8-24-19-17(13)7-14(21)9-25-19/h2-3,5,7-10H,4,6H2,1H3,(H,24,25). The largest absolute Gasteiger partial charge is 0.481 e. The summed E-state index contributed by atoms with van der Waals surface area (Å²) in [5, 5.41) is 0.924. The molecule has 0 atom stereocenters. The topological polar surface area (TPSA) is 63.7 Å². The van der Waals surface area contributed by atoms with E-state index in [4.69, 9.17) is 4.74 Å². The van der Waals surface area contributed by atoms with Crippen LogP contribution in [0, 0.1) is 11.8 Å². The monoisotopic (exact) mass is 444 g/mol. The Morgan fingerprint density at radius 3 is 2.68 bits per heavy atom. The van der Waals surface area contributed by atoms with Gasteiger partial charge in [-0.05, 0) is 39.7 Å². The van der Waals surface area contributed by atoms with Crippen LogP contribution in [0.4, 0.5) is 8.78 Å². The number of methoxy groups -OCH3 is 1. The number of halogens is 3. The summed E-state index contributed by atoms with van der Waals surface area (Å²) >= 11 is 3.40. The minimum atomic E-state index is -0.557. The van der Waals surface area contributed by atoms with Gasteiger partial charge in [0.2, 0.25) is 11.8 Å². The zero-order valence-corrected chi connectivity index (χ0v) is 16.4. The summed E-state index contributed by atoms with van der Waals surface area (Å²) in [6.07, 6.45) is 5.20. The van der Waals surface area contributed by atoms with Gasteiger partial charge in [-0.3, -0.25) is 0 Å². The van der Waals surface area contributed by atoms with Crippen molar-refractivity contribution in [2.24, 2.45) is 0 Å². The number of nitrogens with zero attached hydrogens (tertiary/aromatic N) is 3. The third-order valence-electron chi connectivity index (χ3n) is 4.40. The first-order chi connectivity index (χ1) is 13.5. The van der Waals surface area contributed by atoms with Crippen LogP contribution in [0.2, 0.25) is 0 Å². The fourth-order valence-corrected chi connectivity index (χ4v) is 3.42. The molecule has 5 nitrogen and oxygen atoms in total. The molecule has 1 N–H and O–H groups in total. The molecule has 0 aliphatic heterocycles. The number of nitrogens with one attached hydrogen (secondary N) is 1. The lowest BCUT2D eigenvalue weighted by Crippen LogP contribution is -2.02. The molecule has 28 heavy (non-hydrogen) atoms. The second-order valence-corrected chi connectivity index (χ2v) is 7.21. The maximum Gasteiger partial charge on any atom is 0.216 e. The first-order valence-electron chi connectivity index (χ1n) is 8.47. The van der Waals surface area contributed by atoms with Crippen LogP contribution in [0.5, 0.6) is 5.88 Å².